The Bertz CT molecular complexity index is 1410. The van der Waals surface area contributed by atoms with E-state index in [9.17, 15) is 4.79 Å². The first-order valence-electron chi connectivity index (χ1n) is 12.1. The fraction of sp³-hybridized carbons (Fsp3) is 0.321. The number of hydrogen-bond acceptors (Lipinski definition) is 6. The van der Waals surface area contributed by atoms with Gasteiger partial charge in [-0.05, 0) is 49.2 Å². The maximum absolute atomic E-state index is 13.3. The van der Waals surface area contributed by atoms with Gasteiger partial charge in [0.1, 0.15) is 11.5 Å². The molecule has 0 unspecified atom stereocenters. The van der Waals surface area contributed by atoms with Crippen LogP contribution in [0.3, 0.4) is 0 Å². The number of hydrogen-bond donors (Lipinski definition) is 0. The van der Waals surface area contributed by atoms with Crippen molar-refractivity contribution in [3.05, 3.63) is 77.1 Å². The minimum absolute atomic E-state index is 0.00888. The van der Waals surface area contributed by atoms with E-state index in [1.165, 1.54) is 16.8 Å². The smallest absolute Gasteiger partial charge is 0.255 e. The Morgan fingerprint density at radius 2 is 1.78 bits per heavy atom. The summed E-state index contributed by atoms with van der Waals surface area (Å²) in [4.78, 5) is 22.1. The summed E-state index contributed by atoms with van der Waals surface area (Å²) in [5.41, 5.74) is 6.12. The van der Waals surface area contributed by atoms with Gasteiger partial charge in [0.15, 0.2) is 5.65 Å². The number of nitrogens with zero attached hydrogens (tertiary/aromatic N) is 5. The second-order valence-electron chi connectivity index (χ2n) is 9.12. The predicted octanol–water partition coefficient (Wildman–Crippen LogP) is 4.08. The van der Waals surface area contributed by atoms with Crippen molar-refractivity contribution in [1.82, 2.24) is 19.7 Å². The van der Waals surface area contributed by atoms with Crippen LogP contribution < -0.4 is 14.4 Å². The largest absolute Gasteiger partial charge is 0.497 e. The number of methoxy groups -OCH3 is 2. The average Bonchev–Trinajstić information content (AvgIpc) is 3.32. The Morgan fingerprint density at radius 1 is 0.972 bits per heavy atom. The van der Waals surface area contributed by atoms with Crippen molar-refractivity contribution >= 4 is 22.6 Å². The fourth-order valence-electron chi connectivity index (χ4n) is 4.76. The van der Waals surface area contributed by atoms with Gasteiger partial charge in [-0.25, -0.2) is 9.67 Å². The van der Waals surface area contributed by atoms with E-state index in [1.807, 2.05) is 33.8 Å². The minimum Gasteiger partial charge on any atom is -0.497 e. The summed E-state index contributed by atoms with van der Waals surface area (Å²) in [5, 5.41) is 5.35. The molecule has 0 N–H and O–H groups in total. The van der Waals surface area contributed by atoms with Crippen LogP contribution >= 0.6 is 0 Å². The zero-order valence-electron chi connectivity index (χ0n) is 21.2. The van der Waals surface area contributed by atoms with Crippen LogP contribution in [0.25, 0.3) is 11.0 Å². The van der Waals surface area contributed by atoms with Crippen LogP contribution in [0.1, 0.15) is 27.0 Å². The molecule has 5 rings (SSSR count). The molecule has 0 bridgehead atoms. The highest BCUT2D eigenvalue weighted by molar-refractivity contribution is 5.97. The van der Waals surface area contributed by atoms with Crippen LogP contribution in [0.4, 0.5) is 5.69 Å². The molecule has 0 spiro atoms. The first kappa shape index (κ1) is 23.7. The van der Waals surface area contributed by atoms with Crippen molar-refractivity contribution in [3.8, 4) is 11.5 Å². The fourth-order valence-corrected chi connectivity index (χ4v) is 4.76. The number of aromatic nitrogens is 3. The Labute approximate surface area is 211 Å². The molecule has 8 heteroatoms. The lowest BCUT2D eigenvalue weighted by molar-refractivity contribution is 0.0746. The molecule has 1 aliphatic rings. The van der Waals surface area contributed by atoms with Crippen molar-refractivity contribution < 1.29 is 14.3 Å². The van der Waals surface area contributed by atoms with E-state index in [0.29, 0.717) is 25.2 Å². The van der Waals surface area contributed by atoms with Crippen molar-refractivity contribution in [2.45, 2.75) is 20.4 Å². The predicted molar refractivity (Wildman–Crippen MR) is 140 cm³/mol. The molecule has 1 aliphatic heterocycles. The van der Waals surface area contributed by atoms with E-state index in [2.05, 4.69) is 47.0 Å². The Hall–Kier alpha value is -4.07. The standard InChI is InChI=1S/C28H31N5O3/c1-19-6-5-7-25(20(19)2)31-10-12-32(13-11-31)28(34)23-14-22-17-30-33(27(22)29-16-23)18-21-8-9-24(35-3)15-26(21)36-4/h5-9,14-17H,10-13,18H2,1-4H3. The molecule has 4 aromatic rings. The average molecular weight is 486 g/mol. The van der Waals surface area contributed by atoms with Gasteiger partial charge >= 0.3 is 0 Å². The lowest BCUT2D eigenvalue weighted by Crippen LogP contribution is -2.49. The molecule has 0 radical (unpaired) electrons. The summed E-state index contributed by atoms with van der Waals surface area (Å²) < 4.78 is 12.6. The number of carbonyl (C=O) groups excluding carboxylic acids is 1. The number of rotatable bonds is 6. The number of pyridine rings is 1. The molecule has 3 heterocycles. The molecule has 0 aliphatic carbocycles. The Kier molecular flexibility index (Phi) is 6.50. The van der Waals surface area contributed by atoms with Crippen LogP contribution in [0.2, 0.25) is 0 Å². The third-order valence-corrected chi connectivity index (χ3v) is 7.02. The summed E-state index contributed by atoms with van der Waals surface area (Å²) in [7, 11) is 3.26. The number of fused-ring (bicyclic) bond motifs is 1. The van der Waals surface area contributed by atoms with E-state index in [-0.39, 0.29) is 5.91 Å². The summed E-state index contributed by atoms with van der Waals surface area (Å²) >= 11 is 0. The van der Waals surface area contributed by atoms with Gasteiger partial charge in [-0.1, -0.05) is 12.1 Å². The van der Waals surface area contributed by atoms with Crippen LogP contribution in [0.15, 0.2) is 54.9 Å². The normalized spacial score (nSPS) is 13.8. The number of aryl methyl sites for hydroxylation is 1. The second-order valence-corrected chi connectivity index (χ2v) is 9.12. The number of benzene rings is 2. The monoisotopic (exact) mass is 485 g/mol. The van der Waals surface area contributed by atoms with Gasteiger partial charge in [-0.15, -0.1) is 0 Å². The SMILES string of the molecule is COc1ccc(Cn2ncc3cc(C(=O)N4CCN(c5cccc(C)c5C)CC4)cnc32)c(OC)c1. The third kappa shape index (κ3) is 4.46. The van der Waals surface area contributed by atoms with E-state index < -0.39 is 0 Å². The molecule has 0 saturated carbocycles. The van der Waals surface area contributed by atoms with Crippen LogP contribution in [0, 0.1) is 13.8 Å². The van der Waals surface area contributed by atoms with E-state index in [4.69, 9.17) is 9.47 Å². The molecule has 2 aromatic heterocycles. The first-order chi connectivity index (χ1) is 17.5. The number of carbonyl (C=O) groups is 1. The van der Waals surface area contributed by atoms with Gasteiger partial charge in [-0.3, -0.25) is 4.79 Å². The molecule has 2 aromatic carbocycles. The highest BCUT2D eigenvalue weighted by atomic mass is 16.5. The van der Waals surface area contributed by atoms with Gasteiger partial charge in [0.2, 0.25) is 0 Å². The van der Waals surface area contributed by atoms with E-state index >= 15 is 0 Å². The quantitative estimate of drug-likeness (QED) is 0.410. The summed E-state index contributed by atoms with van der Waals surface area (Å²) in [6, 6.07) is 14.0. The summed E-state index contributed by atoms with van der Waals surface area (Å²) in [6.07, 6.45) is 3.42. The maximum atomic E-state index is 13.3. The van der Waals surface area contributed by atoms with Crippen LogP contribution in [-0.2, 0) is 6.54 Å². The van der Waals surface area contributed by atoms with Gasteiger partial charge in [0, 0.05) is 55.1 Å². The van der Waals surface area contributed by atoms with Crippen molar-refractivity contribution in [1.29, 1.82) is 0 Å². The number of amides is 1. The van der Waals surface area contributed by atoms with Crippen LogP contribution in [0.5, 0.6) is 11.5 Å². The molecule has 0 atom stereocenters. The molecule has 1 amide bonds. The number of anilines is 1. The number of ether oxygens (including phenoxy) is 2. The second kappa shape index (κ2) is 9.89. The van der Waals surface area contributed by atoms with Gasteiger partial charge in [0.25, 0.3) is 5.91 Å². The Morgan fingerprint density at radius 3 is 2.53 bits per heavy atom. The lowest BCUT2D eigenvalue weighted by atomic mass is 10.1. The third-order valence-electron chi connectivity index (χ3n) is 7.02. The zero-order chi connectivity index (χ0) is 25.2. The highest BCUT2D eigenvalue weighted by Crippen LogP contribution is 2.27. The number of piperazine rings is 1. The topological polar surface area (TPSA) is 72.7 Å². The van der Waals surface area contributed by atoms with Gasteiger partial charge in [0.05, 0.1) is 32.5 Å². The van der Waals surface area contributed by atoms with Gasteiger partial charge < -0.3 is 19.3 Å². The highest BCUT2D eigenvalue weighted by Gasteiger charge is 2.24. The molecule has 36 heavy (non-hydrogen) atoms. The molecule has 8 nitrogen and oxygen atoms in total. The molecule has 1 saturated heterocycles. The van der Waals surface area contributed by atoms with Gasteiger partial charge in [-0.2, -0.15) is 5.10 Å². The van der Waals surface area contributed by atoms with Crippen molar-refractivity contribution in [3.63, 3.8) is 0 Å². The molecule has 1 fully saturated rings. The summed E-state index contributed by atoms with van der Waals surface area (Å²) in [6.45, 7) is 7.78. The Balaban J connectivity index is 1.29. The maximum Gasteiger partial charge on any atom is 0.255 e. The van der Waals surface area contributed by atoms with E-state index in [1.54, 1.807) is 26.6 Å². The minimum atomic E-state index is 0.00888. The van der Waals surface area contributed by atoms with Crippen molar-refractivity contribution in [2.24, 2.45) is 0 Å². The molecular formula is C28H31N5O3. The van der Waals surface area contributed by atoms with Crippen molar-refractivity contribution in [2.75, 3.05) is 45.3 Å². The first-order valence-corrected chi connectivity index (χ1v) is 12.1. The lowest BCUT2D eigenvalue weighted by Gasteiger charge is -2.37. The summed E-state index contributed by atoms with van der Waals surface area (Å²) in [5.74, 6) is 1.47. The molecule has 186 valence electrons. The molecular weight excluding hydrogens is 454 g/mol. The van der Waals surface area contributed by atoms with Crippen LogP contribution in [-0.4, -0.2) is 66.0 Å². The van der Waals surface area contributed by atoms with E-state index in [0.717, 1.165) is 41.2 Å². The zero-order valence-corrected chi connectivity index (χ0v) is 21.2.